The van der Waals surface area contributed by atoms with Crippen LogP contribution in [0, 0.1) is 22.7 Å². The van der Waals surface area contributed by atoms with Gasteiger partial charge in [-0.15, -0.1) is 0 Å². The minimum atomic E-state index is -1.01. The fraction of sp³-hybridized carbons (Fsp3) is 0.343. The Balaban J connectivity index is 1.52. The average Bonchev–Trinajstić information content (AvgIpc) is 3.74. The first-order chi connectivity index (χ1) is 21.5. The molecule has 1 amide bonds. The number of anilines is 1. The molecular formula is C35H33N5O5. The van der Waals surface area contributed by atoms with Gasteiger partial charge in [-0.1, -0.05) is 56.7 Å². The number of oxazole rings is 2. The molecule has 0 saturated heterocycles. The van der Waals surface area contributed by atoms with E-state index in [0.29, 0.717) is 23.6 Å². The molecule has 5 heterocycles. The van der Waals surface area contributed by atoms with Crippen LogP contribution in [-0.2, 0) is 21.4 Å². The van der Waals surface area contributed by atoms with Gasteiger partial charge in [-0.2, -0.15) is 10.2 Å². The first kappa shape index (κ1) is 28.6. The monoisotopic (exact) mass is 603 g/mol. The van der Waals surface area contributed by atoms with E-state index in [4.69, 9.17) is 18.6 Å². The van der Waals surface area contributed by atoms with E-state index in [1.54, 1.807) is 6.08 Å². The highest BCUT2D eigenvalue weighted by Crippen LogP contribution is 2.59. The van der Waals surface area contributed by atoms with Gasteiger partial charge >= 0.3 is 0 Å². The lowest BCUT2D eigenvalue weighted by Gasteiger charge is -2.31. The van der Waals surface area contributed by atoms with E-state index in [1.165, 1.54) is 6.26 Å². The molecule has 2 unspecified atom stereocenters. The number of aromatic nitrogens is 2. The summed E-state index contributed by atoms with van der Waals surface area (Å²) in [6.07, 6.45) is 2.67. The number of carbonyl (C=O) groups excluding carboxylic acids is 2. The molecule has 2 aromatic heterocycles. The largest absolute Gasteiger partial charge is 0.469 e. The molecule has 10 heteroatoms. The van der Waals surface area contributed by atoms with Crippen molar-refractivity contribution in [2.45, 2.75) is 65.1 Å². The summed E-state index contributed by atoms with van der Waals surface area (Å²) in [6.45, 7) is 9.70. The van der Waals surface area contributed by atoms with Gasteiger partial charge in [-0.25, -0.2) is 4.98 Å². The van der Waals surface area contributed by atoms with Gasteiger partial charge in [0.2, 0.25) is 17.7 Å². The molecule has 0 fully saturated rings. The van der Waals surface area contributed by atoms with Crippen LogP contribution in [0.15, 0.2) is 69.2 Å². The van der Waals surface area contributed by atoms with Crippen LogP contribution >= 0.6 is 0 Å². The van der Waals surface area contributed by atoms with Crippen molar-refractivity contribution in [3.05, 3.63) is 94.4 Å². The van der Waals surface area contributed by atoms with Gasteiger partial charge < -0.3 is 24.2 Å². The Kier molecular flexibility index (Phi) is 6.48. The van der Waals surface area contributed by atoms with E-state index >= 15 is 0 Å². The number of amides is 1. The summed E-state index contributed by atoms with van der Waals surface area (Å²) in [7, 11) is 0. The Morgan fingerprint density at radius 2 is 1.93 bits per heavy atom. The zero-order chi connectivity index (χ0) is 31.7. The summed E-state index contributed by atoms with van der Waals surface area (Å²) in [4.78, 5) is 36.4. The number of allylic oxidation sites excluding steroid dienone is 2. The molecule has 10 nitrogen and oxygen atoms in total. The summed E-state index contributed by atoms with van der Waals surface area (Å²) in [5.41, 5.74) is 3.25. The lowest BCUT2D eigenvalue weighted by Crippen LogP contribution is -2.42. The number of carbonyl (C=O) groups is 2. The molecule has 2 aromatic carbocycles. The zero-order valence-electron chi connectivity index (χ0n) is 25.7. The van der Waals surface area contributed by atoms with Gasteiger partial charge in [-0.3, -0.25) is 9.59 Å². The van der Waals surface area contributed by atoms with Gasteiger partial charge in [0, 0.05) is 23.6 Å². The fourth-order valence-corrected chi connectivity index (χ4v) is 6.73. The van der Waals surface area contributed by atoms with Crippen molar-refractivity contribution >= 4 is 17.4 Å². The molecule has 2 N–H and O–H groups in total. The molecule has 1 spiro atoms. The standard InChI is InChI=1S/C35H33N5O5/c1-18(2)12-22(41)15-20-13-19-10-11-26-24(14-19)35(23-8-6-7-9-25(23)38-33(35)44-26)29-27(31-37-21(16-36)17-43-31)39-32(45-29)28(34(3,4)5)40-30(20)42/h6-12,14,17,20,28,33,38H,13,15H2,1-5H3,(H,40,42)/t20?,28-,33?,35+/m1/s1. The van der Waals surface area contributed by atoms with Crippen LogP contribution in [0.1, 0.15) is 81.1 Å². The maximum absolute atomic E-state index is 14.1. The predicted octanol–water partition coefficient (Wildman–Crippen LogP) is 5.98. The van der Waals surface area contributed by atoms with Crippen molar-refractivity contribution in [2.24, 2.45) is 11.3 Å². The van der Waals surface area contributed by atoms with E-state index < -0.39 is 29.0 Å². The van der Waals surface area contributed by atoms with Crippen molar-refractivity contribution in [3.63, 3.8) is 0 Å². The molecule has 3 aliphatic rings. The number of rotatable bonds is 4. The van der Waals surface area contributed by atoms with Crippen molar-refractivity contribution in [1.82, 2.24) is 15.3 Å². The Morgan fingerprint density at radius 1 is 1.13 bits per heavy atom. The van der Waals surface area contributed by atoms with Gasteiger partial charge in [-0.05, 0) is 55.0 Å². The third kappa shape index (κ3) is 4.53. The number of benzene rings is 2. The number of hydrogen-bond donors (Lipinski definition) is 2. The maximum atomic E-state index is 14.1. The number of nitrogens with zero attached hydrogens (tertiary/aromatic N) is 3. The highest BCUT2D eigenvalue weighted by Gasteiger charge is 2.61. The van der Waals surface area contributed by atoms with E-state index in [2.05, 4.69) is 15.6 Å². The summed E-state index contributed by atoms with van der Waals surface area (Å²) in [5, 5.41) is 16.3. The number of hydrogen-bond acceptors (Lipinski definition) is 9. The van der Waals surface area contributed by atoms with Crippen LogP contribution in [0.3, 0.4) is 0 Å². The Labute approximate surface area is 260 Å². The second-order valence-electron chi connectivity index (χ2n) is 13.3. The SMILES string of the molecule is CC(C)=CC(=O)CC1Cc2ccc3c(c2)[C@@]2(c4ccccc4NC2O3)c2oc(nc2-c2nc(C#N)co2)[C@H](C(C)(C)C)NC1=O. The van der Waals surface area contributed by atoms with E-state index in [1.807, 2.05) is 83.2 Å². The molecular weight excluding hydrogens is 570 g/mol. The van der Waals surface area contributed by atoms with Gasteiger partial charge in [0.15, 0.2) is 29.2 Å². The predicted molar refractivity (Wildman–Crippen MR) is 164 cm³/mol. The number of nitrogens with one attached hydrogen (secondary N) is 2. The summed E-state index contributed by atoms with van der Waals surface area (Å²) >= 11 is 0. The number of ether oxygens (including phenoxy) is 1. The molecule has 0 saturated carbocycles. The minimum Gasteiger partial charge on any atom is -0.469 e. The Bertz CT molecular complexity index is 1940. The summed E-state index contributed by atoms with van der Waals surface area (Å²) in [5.74, 6) is 0.451. The minimum absolute atomic E-state index is 0.0505. The van der Waals surface area contributed by atoms with Gasteiger partial charge in [0.05, 0.1) is 0 Å². The summed E-state index contributed by atoms with van der Waals surface area (Å²) in [6, 6.07) is 15.2. The Morgan fingerprint density at radius 3 is 2.67 bits per heavy atom. The highest BCUT2D eigenvalue weighted by atomic mass is 16.5. The Hall–Kier alpha value is -5.17. The van der Waals surface area contributed by atoms with Crippen LogP contribution in [0.25, 0.3) is 11.6 Å². The zero-order valence-corrected chi connectivity index (χ0v) is 25.7. The molecule has 0 radical (unpaired) electrons. The van der Waals surface area contributed by atoms with Crippen molar-refractivity contribution in [2.75, 3.05) is 5.32 Å². The van der Waals surface area contributed by atoms with Crippen molar-refractivity contribution < 1.29 is 23.2 Å². The number of para-hydroxylation sites is 1. The highest BCUT2D eigenvalue weighted by molar-refractivity contribution is 5.94. The number of nitriles is 1. The van der Waals surface area contributed by atoms with Gasteiger partial charge in [0.25, 0.3) is 0 Å². The van der Waals surface area contributed by atoms with Crippen LogP contribution in [0.5, 0.6) is 5.75 Å². The van der Waals surface area contributed by atoms with Crippen LogP contribution in [-0.4, -0.2) is 27.9 Å². The van der Waals surface area contributed by atoms with Crippen molar-refractivity contribution in [1.29, 1.82) is 5.26 Å². The second kappa shape index (κ2) is 10.2. The average molecular weight is 604 g/mol. The van der Waals surface area contributed by atoms with Crippen molar-refractivity contribution in [3.8, 4) is 23.4 Å². The summed E-state index contributed by atoms with van der Waals surface area (Å²) < 4.78 is 19.2. The van der Waals surface area contributed by atoms with E-state index in [-0.39, 0.29) is 35.6 Å². The second-order valence-corrected chi connectivity index (χ2v) is 13.3. The third-order valence-electron chi connectivity index (χ3n) is 8.72. The number of ketones is 1. The normalized spacial score (nSPS) is 22.8. The quantitative estimate of drug-likeness (QED) is 0.269. The van der Waals surface area contributed by atoms with E-state index in [9.17, 15) is 14.9 Å². The van der Waals surface area contributed by atoms with Crippen LogP contribution in [0.2, 0.25) is 0 Å². The fourth-order valence-electron chi connectivity index (χ4n) is 6.73. The lowest BCUT2D eigenvalue weighted by atomic mass is 9.72. The first-order valence-electron chi connectivity index (χ1n) is 15.0. The molecule has 228 valence electrons. The molecule has 45 heavy (non-hydrogen) atoms. The molecule has 3 aliphatic heterocycles. The van der Waals surface area contributed by atoms with E-state index in [0.717, 1.165) is 28.0 Å². The number of fused-ring (bicyclic) bond motifs is 4. The topological polar surface area (TPSA) is 143 Å². The smallest absolute Gasteiger partial charge is 0.250 e. The maximum Gasteiger partial charge on any atom is 0.250 e. The van der Waals surface area contributed by atoms with Gasteiger partial charge in [0.1, 0.15) is 29.5 Å². The molecule has 4 aromatic rings. The molecule has 7 rings (SSSR count). The molecule has 4 atom stereocenters. The lowest BCUT2D eigenvalue weighted by molar-refractivity contribution is -0.129. The molecule has 4 bridgehead atoms. The van der Waals surface area contributed by atoms with Crippen LogP contribution < -0.4 is 15.4 Å². The first-order valence-corrected chi connectivity index (χ1v) is 15.0. The molecule has 0 aliphatic carbocycles. The van der Waals surface area contributed by atoms with Crippen LogP contribution in [0.4, 0.5) is 5.69 Å². The third-order valence-corrected chi connectivity index (χ3v) is 8.72.